The Morgan fingerprint density at radius 3 is 2.71 bits per heavy atom. The molecular weight excluding hydrogens is 248 g/mol. The number of aliphatic carboxylic acids is 1. The third-order valence-corrected chi connectivity index (χ3v) is 2.45. The minimum absolute atomic E-state index is 0.0155. The Kier molecular flexibility index (Phi) is 3.52. The largest absolute Gasteiger partial charge is 0.496 e. The maximum atomic E-state index is 10.6. The van der Waals surface area contributed by atoms with E-state index in [1.54, 1.807) is 13.2 Å². The van der Waals surface area contributed by atoms with E-state index in [1.165, 1.54) is 0 Å². The van der Waals surface area contributed by atoms with Gasteiger partial charge in [-0.15, -0.1) is 0 Å². The summed E-state index contributed by atoms with van der Waals surface area (Å²) < 4.78 is 5.95. The van der Waals surface area contributed by atoms with E-state index in [-0.39, 0.29) is 6.42 Å². The van der Waals surface area contributed by atoms with Crippen LogP contribution in [0.15, 0.2) is 16.6 Å². The third kappa shape index (κ3) is 2.48. The summed E-state index contributed by atoms with van der Waals surface area (Å²) in [5.74, 6) is -0.135. The van der Waals surface area contributed by atoms with Crippen LogP contribution in [0, 0.1) is 6.92 Å². The Morgan fingerprint density at radius 1 is 1.57 bits per heavy atom. The summed E-state index contributed by atoms with van der Waals surface area (Å²) in [5, 5.41) is 8.69. The predicted molar refractivity (Wildman–Crippen MR) is 56.8 cm³/mol. The van der Waals surface area contributed by atoms with Crippen molar-refractivity contribution in [3.63, 3.8) is 0 Å². The van der Waals surface area contributed by atoms with Crippen molar-refractivity contribution in [3.8, 4) is 5.75 Å². The summed E-state index contributed by atoms with van der Waals surface area (Å²) in [4.78, 5) is 10.6. The van der Waals surface area contributed by atoms with E-state index in [0.717, 1.165) is 15.6 Å². The van der Waals surface area contributed by atoms with Crippen LogP contribution >= 0.6 is 15.9 Å². The number of carboxylic acid groups (broad SMARTS) is 1. The van der Waals surface area contributed by atoms with Gasteiger partial charge in [0, 0.05) is 4.47 Å². The summed E-state index contributed by atoms with van der Waals surface area (Å²) >= 11 is 3.30. The molecule has 1 rings (SSSR count). The summed E-state index contributed by atoms with van der Waals surface area (Å²) in [6.07, 6.45) is 0.0155. The molecule has 14 heavy (non-hydrogen) atoms. The van der Waals surface area contributed by atoms with Gasteiger partial charge in [0.2, 0.25) is 0 Å². The van der Waals surface area contributed by atoms with Gasteiger partial charge in [0.15, 0.2) is 0 Å². The molecule has 0 unspecified atom stereocenters. The topological polar surface area (TPSA) is 46.5 Å². The fraction of sp³-hybridized carbons (Fsp3) is 0.300. The number of hydrogen-bond acceptors (Lipinski definition) is 2. The smallest absolute Gasteiger partial charge is 0.307 e. The van der Waals surface area contributed by atoms with E-state index in [0.29, 0.717) is 5.75 Å². The number of rotatable bonds is 3. The van der Waals surface area contributed by atoms with Crippen LogP contribution in [0.4, 0.5) is 0 Å². The Hall–Kier alpha value is -1.03. The van der Waals surface area contributed by atoms with Gasteiger partial charge in [0.25, 0.3) is 0 Å². The number of halogens is 1. The van der Waals surface area contributed by atoms with E-state index >= 15 is 0 Å². The fourth-order valence-electron chi connectivity index (χ4n) is 1.27. The molecule has 0 aliphatic heterocycles. The zero-order chi connectivity index (χ0) is 10.7. The zero-order valence-electron chi connectivity index (χ0n) is 8.00. The van der Waals surface area contributed by atoms with Gasteiger partial charge in [-0.3, -0.25) is 4.79 Å². The molecule has 0 saturated carbocycles. The molecule has 0 aliphatic carbocycles. The van der Waals surface area contributed by atoms with Crippen molar-refractivity contribution in [2.45, 2.75) is 13.3 Å². The van der Waals surface area contributed by atoms with Crippen LogP contribution in [0.2, 0.25) is 0 Å². The van der Waals surface area contributed by atoms with Crippen molar-refractivity contribution >= 4 is 21.9 Å². The van der Waals surface area contributed by atoms with E-state index < -0.39 is 5.97 Å². The van der Waals surface area contributed by atoms with Gasteiger partial charge in [-0.2, -0.15) is 0 Å². The van der Waals surface area contributed by atoms with E-state index in [2.05, 4.69) is 15.9 Å². The normalized spacial score (nSPS) is 9.93. The van der Waals surface area contributed by atoms with Gasteiger partial charge in [-0.25, -0.2) is 0 Å². The highest BCUT2D eigenvalue weighted by Gasteiger charge is 2.09. The highest BCUT2D eigenvalue weighted by atomic mass is 79.9. The first-order valence-corrected chi connectivity index (χ1v) is 4.88. The van der Waals surface area contributed by atoms with Crippen LogP contribution in [-0.4, -0.2) is 18.2 Å². The maximum Gasteiger partial charge on any atom is 0.307 e. The van der Waals surface area contributed by atoms with Gasteiger partial charge in [-0.05, 0) is 30.2 Å². The van der Waals surface area contributed by atoms with Gasteiger partial charge in [-0.1, -0.05) is 15.9 Å². The maximum absolute atomic E-state index is 10.6. The summed E-state index contributed by atoms with van der Waals surface area (Å²) in [5.41, 5.74) is 1.64. The van der Waals surface area contributed by atoms with Crippen molar-refractivity contribution in [2.75, 3.05) is 7.11 Å². The second-order valence-corrected chi connectivity index (χ2v) is 3.88. The lowest BCUT2D eigenvalue weighted by molar-refractivity contribution is -0.136. The van der Waals surface area contributed by atoms with Gasteiger partial charge >= 0.3 is 5.97 Å². The molecule has 3 nitrogen and oxygen atoms in total. The number of carboxylic acids is 1. The molecule has 0 heterocycles. The minimum Gasteiger partial charge on any atom is -0.496 e. The molecular formula is C10H11BrO3. The molecule has 1 aromatic rings. The van der Waals surface area contributed by atoms with E-state index in [1.807, 2.05) is 13.0 Å². The predicted octanol–water partition coefficient (Wildman–Crippen LogP) is 2.39. The minimum atomic E-state index is -0.840. The first-order valence-electron chi connectivity index (χ1n) is 4.09. The van der Waals surface area contributed by atoms with Crippen molar-refractivity contribution in [2.24, 2.45) is 0 Å². The summed E-state index contributed by atoms with van der Waals surface area (Å²) in [7, 11) is 1.57. The van der Waals surface area contributed by atoms with E-state index in [9.17, 15) is 4.79 Å². The lowest BCUT2D eigenvalue weighted by Crippen LogP contribution is -2.03. The Balaban J connectivity index is 3.15. The lowest BCUT2D eigenvalue weighted by atomic mass is 10.1. The average molecular weight is 259 g/mol. The van der Waals surface area contributed by atoms with Crippen LogP contribution in [0.25, 0.3) is 0 Å². The molecule has 1 aromatic carbocycles. The third-order valence-electron chi connectivity index (χ3n) is 1.99. The van der Waals surface area contributed by atoms with Crippen LogP contribution in [0.1, 0.15) is 11.1 Å². The Morgan fingerprint density at radius 2 is 2.21 bits per heavy atom. The molecule has 0 aromatic heterocycles. The molecule has 0 atom stereocenters. The molecule has 0 bridgehead atoms. The molecule has 0 aliphatic rings. The number of benzene rings is 1. The lowest BCUT2D eigenvalue weighted by Gasteiger charge is -2.09. The summed E-state index contributed by atoms with van der Waals surface area (Å²) in [6, 6.07) is 3.62. The SMILES string of the molecule is COc1cc(Br)cc(CC(=O)O)c1C. The molecule has 0 saturated heterocycles. The molecule has 0 amide bonds. The van der Waals surface area contributed by atoms with Crippen LogP contribution < -0.4 is 4.74 Å². The Bertz CT molecular complexity index is 361. The number of carbonyl (C=O) groups is 1. The summed E-state index contributed by atoms with van der Waals surface area (Å²) in [6.45, 7) is 1.85. The van der Waals surface area contributed by atoms with Crippen LogP contribution in [0.5, 0.6) is 5.75 Å². The van der Waals surface area contributed by atoms with Crippen molar-refractivity contribution in [1.82, 2.24) is 0 Å². The van der Waals surface area contributed by atoms with Crippen LogP contribution in [0.3, 0.4) is 0 Å². The molecule has 76 valence electrons. The van der Waals surface area contributed by atoms with Crippen LogP contribution in [-0.2, 0) is 11.2 Å². The second-order valence-electron chi connectivity index (χ2n) is 2.96. The second kappa shape index (κ2) is 4.46. The first-order chi connectivity index (χ1) is 6.54. The average Bonchev–Trinajstić information content (AvgIpc) is 2.09. The number of ether oxygens (including phenoxy) is 1. The van der Waals surface area contributed by atoms with Gasteiger partial charge in [0.1, 0.15) is 5.75 Å². The number of hydrogen-bond donors (Lipinski definition) is 1. The zero-order valence-corrected chi connectivity index (χ0v) is 9.59. The quantitative estimate of drug-likeness (QED) is 0.906. The van der Waals surface area contributed by atoms with E-state index in [4.69, 9.17) is 9.84 Å². The molecule has 0 fully saturated rings. The monoisotopic (exact) mass is 258 g/mol. The highest BCUT2D eigenvalue weighted by molar-refractivity contribution is 9.10. The highest BCUT2D eigenvalue weighted by Crippen LogP contribution is 2.27. The molecule has 4 heteroatoms. The first kappa shape index (κ1) is 11.0. The van der Waals surface area contributed by atoms with Gasteiger partial charge in [0.05, 0.1) is 13.5 Å². The molecule has 0 radical (unpaired) electrons. The van der Waals surface area contributed by atoms with Gasteiger partial charge < -0.3 is 9.84 Å². The molecule has 0 spiro atoms. The van der Waals surface area contributed by atoms with Crippen molar-refractivity contribution < 1.29 is 14.6 Å². The Labute approximate surface area is 90.8 Å². The standard InChI is InChI=1S/C10H11BrO3/c1-6-7(4-10(12)13)3-8(11)5-9(6)14-2/h3,5H,4H2,1-2H3,(H,12,13). The van der Waals surface area contributed by atoms with Crippen molar-refractivity contribution in [1.29, 1.82) is 0 Å². The fourth-order valence-corrected chi connectivity index (χ4v) is 1.75. The molecule has 1 N–H and O–H groups in total. The van der Waals surface area contributed by atoms with Crippen molar-refractivity contribution in [3.05, 3.63) is 27.7 Å². The number of methoxy groups -OCH3 is 1.